The van der Waals surface area contributed by atoms with Crippen LogP contribution >= 0.6 is 34.4 Å². The molecule has 0 saturated heterocycles. The molecule has 10 heteroatoms. The number of carbonyl (C=O) groups excluding carboxylic acids is 2. The Kier molecular flexibility index (Phi) is 5.97. The smallest absolute Gasteiger partial charge is 0.341 e. The van der Waals surface area contributed by atoms with Gasteiger partial charge in [-0.3, -0.25) is 4.79 Å². The van der Waals surface area contributed by atoms with Crippen molar-refractivity contribution in [2.75, 3.05) is 19.4 Å². The van der Waals surface area contributed by atoms with Crippen LogP contribution < -0.4 is 11.1 Å². The molecule has 23 heavy (non-hydrogen) atoms. The number of carbonyl (C=O) groups is 2. The minimum absolute atomic E-state index is 0.242. The van der Waals surface area contributed by atoms with Crippen LogP contribution in [-0.2, 0) is 10.5 Å². The Hall–Kier alpha value is -1.65. The van der Waals surface area contributed by atoms with Gasteiger partial charge in [-0.05, 0) is 13.8 Å². The average molecular weight is 372 g/mol. The summed E-state index contributed by atoms with van der Waals surface area (Å²) in [4.78, 5) is 24.6. The molecule has 2 rings (SSSR count). The number of nitrogen functional groups attached to an aromatic ring is 1. The number of esters is 1. The normalized spacial score (nSPS) is 10.6. The van der Waals surface area contributed by atoms with E-state index < -0.39 is 5.97 Å². The van der Waals surface area contributed by atoms with Gasteiger partial charge in [-0.1, -0.05) is 23.1 Å². The Labute approximate surface area is 145 Å². The van der Waals surface area contributed by atoms with E-state index >= 15 is 0 Å². The molecule has 1 amide bonds. The number of thioether (sulfide) groups is 1. The lowest BCUT2D eigenvalue weighted by molar-refractivity contribution is 0.0527. The number of ether oxygens (including phenoxy) is 1. The summed E-state index contributed by atoms with van der Waals surface area (Å²) >= 11 is 3.95. The molecular formula is C13H16N4O3S3. The van der Waals surface area contributed by atoms with Crippen LogP contribution in [-0.4, -0.2) is 35.7 Å². The van der Waals surface area contributed by atoms with E-state index in [0.29, 0.717) is 16.2 Å². The van der Waals surface area contributed by atoms with Crippen molar-refractivity contribution in [3.63, 3.8) is 0 Å². The second kappa shape index (κ2) is 7.75. The highest BCUT2D eigenvalue weighted by atomic mass is 32.2. The highest BCUT2D eigenvalue weighted by molar-refractivity contribution is 8.00. The van der Waals surface area contributed by atoms with E-state index in [1.165, 1.54) is 30.1 Å². The molecule has 124 valence electrons. The van der Waals surface area contributed by atoms with Crippen molar-refractivity contribution < 1.29 is 14.3 Å². The van der Waals surface area contributed by atoms with Crippen LogP contribution in [0.1, 0.15) is 37.5 Å². The van der Waals surface area contributed by atoms with Crippen molar-refractivity contribution >= 4 is 51.3 Å². The summed E-state index contributed by atoms with van der Waals surface area (Å²) in [5, 5.41) is 11.7. The maximum atomic E-state index is 12.2. The van der Waals surface area contributed by atoms with Crippen LogP contribution in [0.15, 0.2) is 4.34 Å². The monoisotopic (exact) mass is 372 g/mol. The molecule has 2 aromatic heterocycles. The molecule has 0 fully saturated rings. The molecule has 2 heterocycles. The van der Waals surface area contributed by atoms with Gasteiger partial charge in [0.2, 0.25) is 0 Å². The van der Waals surface area contributed by atoms with E-state index in [4.69, 9.17) is 10.5 Å². The Morgan fingerprint density at radius 1 is 1.35 bits per heavy atom. The number of amides is 1. The van der Waals surface area contributed by atoms with Gasteiger partial charge >= 0.3 is 5.97 Å². The predicted octanol–water partition coefficient (Wildman–Crippen LogP) is 2.32. The van der Waals surface area contributed by atoms with E-state index in [1.807, 2.05) is 6.92 Å². The first-order chi connectivity index (χ1) is 11.0. The lowest BCUT2D eigenvalue weighted by atomic mass is 10.1. The van der Waals surface area contributed by atoms with Gasteiger partial charge in [-0.2, -0.15) is 0 Å². The number of hydrogen-bond donors (Lipinski definition) is 2. The van der Waals surface area contributed by atoms with Crippen molar-refractivity contribution in [1.29, 1.82) is 0 Å². The Morgan fingerprint density at radius 3 is 2.65 bits per heavy atom. The van der Waals surface area contributed by atoms with Gasteiger partial charge in [-0.25, -0.2) is 4.79 Å². The van der Waals surface area contributed by atoms with Crippen molar-refractivity contribution in [2.24, 2.45) is 0 Å². The highest BCUT2D eigenvalue weighted by Gasteiger charge is 2.26. The average Bonchev–Trinajstić information content (AvgIpc) is 3.07. The fraction of sp³-hybridized carbons (Fsp3) is 0.385. The van der Waals surface area contributed by atoms with Crippen LogP contribution in [0.2, 0.25) is 0 Å². The summed E-state index contributed by atoms with van der Waals surface area (Å²) in [5.41, 5.74) is 6.78. The lowest BCUT2D eigenvalue weighted by Gasteiger charge is -2.06. The molecule has 0 atom stereocenters. The van der Waals surface area contributed by atoms with Crippen LogP contribution in [0.5, 0.6) is 0 Å². The number of nitrogens with two attached hydrogens (primary N) is 1. The molecule has 0 saturated carbocycles. The Balaban J connectivity index is 2.35. The molecule has 0 aromatic carbocycles. The van der Waals surface area contributed by atoms with Crippen LogP contribution in [0.4, 0.5) is 5.00 Å². The first-order valence-electron chi connectivity index (χ1n) is 6.71. The van der Waals surface area contributed by atoms with Gasteiger partial charge in [-0.15, -0.1) is 21.5 Å². The lowest BCUT2D eigenvalue weighted by Crippen LogP contribution is -2.18. The number of hydrogen-bond acceptors (Lipinski definition) is 9. The summed E-state index contributed by atoms with van der Waals surface area (Å²) in [7, 11) is 1.54. The number of nitrogens with zero attached hydrogens (tertiary/aromatic N) is 2. The third-order valence-electron chi connectivity index (χ3n) is 2.79. The predicted molar refractivity (Wildman–Crippen MR) is 92.3 cm³/mol. The zero-order chi connectivity index (χ0) is 17.0. The van der Waals surface area contributed by atoms with Crippen molar-refractivity contribution in [1.82, 2.24) is 15.5 Å². The SMILES string of the molecule is CCOC(=O)c1c(N)sc(C(=O)NC)c1CSc1nnc(C)s1. The topological polar surface area (TPSA) is 107 Å². The summed E-state index contributed by atoms with van der Waals surface area (Å²) in [6, 6.07) is 0. The molecule has 0 spiro atoms. The number of nitrogens with one attached hydrogen (secondary N) is 1. The Morgan fingerprint density at radius 2 is 2.09 bits per heavy atom. The summed E-state index contributed by atoms with van der Waals surface area (Å²) in [6.07, 6.45) is 0. The zero-order valence-corrected chi connectivity index (χ0v) is 15.3. The molecular weight excluding hydrogens is 356 g/mol. The van der Waals surface area contributed by atoms with Crippen LogP contribution in [0.25, 0.3) is 0 Å². The maximum Gasteiger partial charge on any atom is 0.341 e. The third kappa shape index (κ3) is 4.01. The van der Waals surface area contributed by atoms with Gasteiger partial charge in [0.1, 0.15) is 10.0 Å². The van der Waals surface area contributed by atoms with Crippen molar-refractivity contribution in [3.8, 4) is 0 Å². The molecule has 0 aliphatic carbocycles. The number of thiophene rings is 1. The number of rotatable bonds is 6. The van der Waals surface area contributed by atoms with Gasteiger partial charge < -0.3 is 15.8 Å². The quantitative estimate of drug-likeness (QED) is 0.592. The summed E-state index contributed by atoms with van der Waals surface area (Å²) < 4.78 is 5.82. The maximum absolute atomic E-state index is 12.2. The largest absolute Gasteiger partial charge is 0.462 e. The van der Waals surface area contributed by atoms with Crippen molar-refractivity contribution in [2.45, 2.75) is 23.9 Å². The molecule has 0 radical (unpaired) electrons. The van der Waals surface area contributed by atoms with Gasteiger partial charge in [0.15, 0.2) is 4.34 Å². The molecule has 0 aliphatic heterocycles. The first kappa shape index (κ1) is 17.7. The molecule has 2 aromatic rings. The van der Waals surface area contributed by atoms with E-state index in [2.05, 4.69) is 15.5 Å². The zero-order valence-electron chi connectivity index (χ0n) is 12.8. The van der Waals surface area contributed by atoms with E-state index in [0.717, 1.165) is 20.7 Å². The minimum Gasteiger partial charge on any atom is -0.462 e. The second-order valence-corrected chi connectivity index (χ2v) is 7.78. The van der Waals surface area contributed by atoms with E-state index in [-0.39, 0.29) is 23.1 Å². The fourth-order valence-electron chi connectivity index (χ4n) is 1.82. The molecule has 0 aliphatic rings. The van der Waals surface area contributed by atoms with Crippen LogP contribution in [0, 0.1) is 6.92 Å². The van der Waals surface area contributed by atoms with Gasteiger partial charge in [0.05, 0.1) is 17.0 Å². The fourth-order valence-corrected chi connectivity index (χ4v) is 4.77. The molecule has 7 nitrogen and oxygen atoms in total. The first-order valence-corrected chi connectivity index (χ1v) is 9.33. The molecule has 0 unspecified atom stereocenters. The number of aromatic nitrogens is 2. The van der Waals surface area contributed by atoms with E-state index in [1.54, 1.807) is 6.92 Å². The second-order valence-electron chi connectivity index (χ2n) is 4.32. The third-order valence-corrected chi connectivity index (χ3v) is 5.85. The number of aryl methyl sites for hydroxylation is 1. The standard InChI is InChI=1S/C13H16N4O3S3/c1-4-20-12(19)8-7(5-21-13-17-16-6(2)22-13)9(11(18)15-3)23-10(8)14/h4-5,14H2,1-3H3,(H,15,18). The highest BCUT2D eigenvalue weighted by Crippen LogP contribution is 2.36. The minimum atomic E-state index is -0.513. The molecule has 3 N–H and O–H groups in total. The van der Waals surface area contributed by atoms with Crippen LogP contribution in [0.3, 0.4) is 0 Å². The van der Waals surface area contributed by atoms with Crippen molar-refractivity contribution in [3.05, 3.63) is 21.0 Å². The van der Waals surface area contributed by atoms with E-state index in [9.17, 15) is 9.59 Å². The summed E-state index contributed by atoms with van der Waals surface area (Å²) in [5.74, 6) is -0.402. The van der Waals surface area contributed by atoms with Gasteiger partial charge in [0.25, 0.3) is 5.91 Å². The van der Waals surface area contributed by atoms with Gasteiger partial charge in [0, 0.05) is 18.4 Å². The summed E-state index contributed by atoms with van der Waals surface area (Å²) in [6.45, 7) is 3.83. The Bertz CT molecular complexity index is 726. The number of anilines is 1. The molecule has 0 bridgehead atoms.